The third kappa shape index (κ3) is 5.26. The van der Waals surface area contributed by atoms with Gasteiger partial charge in [-0.15, -0.1) is 11.3 Å². The lowest BCUT2D eigenvalue weighted by molar-refractivity contribution is -0.124. The SMILES string of the molecule is CCCNC(=O)CNC(=O)CSc1ncnc2cc(-c3ccc(F)cc3)sc12. The molecule has 0 aliphatic rings. The minimum Gasteiger partial charge on any atom is -0.355 e. The molecule has 0 atom stereocenters. The van der Waals surface area contributed by atoms with Crippen LogP contribution < -0.4 is 10.6 Å². The Morgan fingerprint density at radius 1 is 1.14 bits per heavy atom. The van der Waals surface area contributed by atoms with Gasteiger partial charge in [0.05, 0.1) is 22.5 Å². The van der Waals surface area contributed by atoms with Crippen LogP contribution in [0.5, 0.6) is 0 Å². The van der Waals surface area contributed by atoms with E-state index in [1.165, 1.54) is 41.6 Å². The summed E-state index contributed by atoms with van der Waals surface area (Å²) in [5.41, 5.74) is 1.68. The molecular weight excluding hydrogens is 399 g/mol. The minimum atomic E-state index is -0.282. The normalized spacial score (nSPS) is 10.8. The predicted octanol–water partition coefficient (Wildman–Crippen LogP) is 3.23. The van der Waals surface area contributed by atoms with Gasteiger partial charge in [-0.1, -0.05) is 30.8 Å². The van der Waals surface area contributed by atoms with Gasteiger partial charge in [-0.3, -0.25) is 9.59 Å². The highest BCUT2D eigenvalue weighted by Crippen LogP contribution is 2.36. The van der Waals surface area contributed by atoms with Crippen LogP contribution in [0.15, 0.2) is 41.7 Å². The molecule has 6 nitrogen and oxygen atoms in total. The van der Waals surface area contributed by atoms with Crippen LogP contribution in [-0.4, -0.2) is 40.6 Å². The second-order valence-corrected chi connectivity index (χ2v) is 7.94. The molecule has 3 aromatic rings. The largest absolute Gasteiger partial charge is 0.355 e. The first-order valence-corrected chi connectivity index (χ1v) is 10.5. The van der Waals surface area contributed by atoms with Crippen molar-refractivity contribution in [3.8, 4) is 10.4 Å². The zero-order chi connectivity index (χ0) is 19.9. The molecule has 0 unspecified atom stereocenters. The number of carbonyl (C=O) groups is 2. The van der Waals surface area contributed by atoms with Gasteiger partial charge in [-0.25, -0.2) is 14.4 Å². The molecule has 0 bridgehead atoms. The summed E-state index contributed by atoms with van der Waals surface area (Å²) < 4.78 is 14.0. The van der Waals surface area contributed by atoms with Gasteiger partial charge in [-0.2, -0.15) is 0 Å². The summed E-state index contributed by atoms with van der Waals surface area (Å²) in [5, 5.41) is 6.01. The lowest BCUT2D eigenvalue weighted by Gasteiger charge is -2.06. The Hall–Kier alpha value is -2.52. The van der Waals surface area contributed by atoms with Gasteiger partial charge in [0.25, 0.3) is 0 Å². The molecule has 3 rings (SSSR count). The zero-order valence-electron chi connectivity index (χ0n) is 15.2. The lowest BCUT2D eigenvalue weighted by atomic mass is 10.2. The summed E-state index contributed by atoms with van der Waals surface area (Å²) in [5.74, 6) is -0.572. The van der Waals surface area contributed by atoms with Crippen molar-refractivity contribution >= 4 is 45.1 Å². The first kappa shape index (κ1) is 20.2. The number of hydrogen-bond donors (Lipinski definition) is 2. The third-order valence-electron chi connectivity index (χ3n) is 3.77. The summed E-state index contributed by atoms with van der Waals surface area (Å²) >= 11 is 2.79. The fourth-order valence-electron chi connectivity index (χ4n) is 2.38. The van der Waals surface area contributed by atoms with Gasteiger partial charge in [0.1, 0.15) is 17.2 Å². The maximum Gasteiger partial charge on any atom is 0.239 e. The molecule has 0 spiro atoms. The number of benzene rings is 1. The molecule has 0 aliphatic carbocycles. The highest BCUT2D eigenvalue weighted by atomic mass is 32.2. The zero-order valence-corrected chi connectivity index (χ0v) is 16.8. The third-order valence-corrected chi connectivity index (χ3v) is 6.06. The Balaban J connectivity index is 1.64. The number of fused-ring (bicyclic) bond motifs is 1. The van der Waals surface area contributed by atoms with E-state index < -0.39 is 0 Å². The number of halogens is 1. The Morgan fingerprint density at radius 2 is 1.93 bits per heavy atom. The highest BCUT2D eigenvalue weighted by Gasteiger charge is 2.13. The number of thioether (sulfide) groups is 1. The summed E-state index contributed by atoms with van der Waals surface area (Å²) in [6, 6.07) is 8.20. The highest BCUT2D eigenvalue weighted by molar-refractivity contribution is 8.00. The Kier molecular flexibility index (Phi) is 6.94. The van der Waals surface area contributed by atoms with Crippen molar-refractivity contribution in [2.24, 2.45) is 0 Å². The average molecular weight is 419 g/mol. The van der Waals surface area contributed by atoms with Gasteiger partial charge in [0.2, 0.25) is 11.8 Å². The van der Waals surface area contributed by atoms with E-state index in [1.54, 1.807) is 12.1 Å². The number of carbonyl (C=O) groups excluding carboxylic acids is 2. The predicted molar refractivity (Wildman–Crippen MR) is 110 cm³/mol. The van der Waals surface area contributed by atoms with E-state index in [9.17, 15) is 14.0 Å². The second kappa shape index (κ2) is 9.61. The Morgan fingerprint density at radius 3 is 2.68 bits per heavy atom. The molecule has 1 aromatic carbocycles. The van der Waals surface area contributed by atoms with Gasteiger partial charge in [0, 0.05) is 11.4 Å². The molecule has 2 aromatic heterocycles. The van der Waals surface area contributed by atoms with Gasteiger partial charge in [0.15, 0.2) is 0 Å². The number of rotatable bonds is 8. The molecule has 2 N–H and O–H groups in total. The maximum atomic E-state index is 13.1. The van der Waals surface area contributed by atoms with Crippen LogP contribution in [-0.2, 0) is 9.59 Å². The average Bonchev–Trinajstić information content (AvgIpc) is 3.14. The molecule has 0 radical (unpaired) electrons. The second-order valence-electron chi connectivity index (χ2n) is 5.93. The van der Waals surface area contributed by atoms with Crippen molar-refractivity contribution in [2.75, 3.05) is 18.8 Å². The molecule has 9 heteroatoms. The molecule has 2 amide bonds. The summed E-state index contributed by atoms with van der Waals surface area (Å²) in [4.78, 5) is 33.1. The molecular formula is C19H19FN4O2S2. The topological polar surface area (TPSA) is 84.0 Å². The summed E-state index contributed by atoms with van der Waals surface area (Å²) in [7, 11) is 0. The number of nitrogens with zero attached hydrogens (tertiary/aromatic N) is 2. The van der Waals surface area contributed by atoms with E-state index in [1.807, 2.05) is 13.0 Å². The van der Waals surface area contributed by atoms with Crippen LogP contribution >= 0.6 is 23.1 Å². The monoisotopic (exact) mass is 418 g/mol. The molecule has 28 heavy (non-hydrogen) atoms. The van der Waals surface area contributed by atoms with Gasteiger partial charge < -0.3 is 10.6 Å². The van der Waals surface area contributed by atoms with Crippen LogP contribution in [0, 0.1) is 5.82 Å². The first-order chi connectivity index (χ1) is 13.6. The quantitative estimate of drug-likeness (QED) is 0.433. The Labute approximate surface area is 170 Å². The molecule has 146 valence electrons. The number of nitrogens with one attached hydrogen (secondary N) is 2. The number of aromatic nitrogens is 2. The van der Waals surface area contributed by atoms with Crippen LogP contribution in [0.2, 0.25) is 0 Å². The van der Waals surface area contributed by atoms with E-state index in [0.717, 1.165) is 27.1 Å². The van der Waals surface area contributed by atoms with E-state index in [0.29, 0.717) is 11.6 Å². The standard InChI is InChI=1S/C19H19FN4O2S2/c1-2-7-21-16(25)9-22-17(26)10-27-19-18-14(23-11-24-19)8-15(28-18)12-3-5-13(20)6-4-12/h3-6,8,11H,2,7,9-10H2,1H3,(H,21,25)(H,22,26). The summed E-state index contributed by atoms with van der Waals surface area (Å²) in [6.07, 6.45) is 2.31. The lowest BCUT2D eigenvalue weighted by Crippen LogP contribution is -2.37. The van der Waals surface area contributed by atoms with Crippen molar-refractivity contribution in [1.29, 1.82) is 0 Å². The van der Waals surface area contributed by atoms with Crippen LogP contribution in [0.25, 0.3) is 20.7 Å². The van der Waals surface area contributed by atoms with Crippen molar-refractivity contribution in [2.45, 2.75) is 18.4 Å². The van der Waals surface area contributed by atoms with Crippen molar-refractivity contribution in [3.63, 3.8) is 0 Å². The van der Waals surface area contributed by atoms with E-state index >= 15 is 0 Å². The Bertz CT molecular complexity index is 976. The fourth-order valence-corrected chi connectivity index (χ4v) is 4.41. The first-order valence-electron chi connectivity index (χ1n) is 8.73. The van der Waals surface area contributed by atoms with E-state index in [2.05, 4.69) is 20.6 Å². The summed E-state index contributed by atoms with van der Waals surface area (Å²) in [6.45, 7) is 2.52. The van der Waals surface area contributed by atoms with Crippen molar-refractivity contribution < 1.29 is 14.0 Å². The van der Waals surface area contributed by atoms with E-state index in [-0.39, 0.29) is 29.9 Å². The van der Waals surface area contributed by atoms with Crippen LogP contribution in [0.3, 0.4) is 0 Å². The molecule has 0 saturated heterocycles. The molecule has 0 fully saturated rings. The molecule has 0 saturated carbocycles. The van der Waals surface area contributed by atoms with Gasteiger partial charge >= 0.3 is 0 Å². The van der Waals surface area contributed by atoms with E-state index in [4.69, 9.17) is 0 Å². The van der Waals surface area contributed by atoms with Crippen LogP contribution in [0.1, 0.15) is 13.3 Å². The van der Waals surface area contributed by atoms with Gasteiger partial charge in [-0.05, 0) is 30.2 Å². The number of thiophene rings is 1. The number of amides is 2. The van der Waals surface area contributed by atoms with Crippen LogP contribution in [0.4, 0.5) is 4.39 Å². The number of hydrogen-bond acceptors (Lipinski definition) is 6. The molecule has 2 heterocycles. The van der Waals surface area contributed by atoms with Crippen molar-refractivity contribution in [3.05, 3.63) is 42.5 Å². The smallest absolute Gasteiger partial charge is 0.239 e. The maximum absolute atomic E-state index is 13.1. The van der Waals surface area contributed by atoms with Crippen molar-refractivity contribution in [1.82, 2.24) is 20.6 Å². The molecule has 0 aliphatic heterocycles. The fraction of sp³-hybridized carbons (Fsp3) is 0.263. The minimum absolute atomic E-state index is 0.0354.